The molecule has 0 aromatic carbocycles. The summed E-state index contributed by atoms with van der Waals surface area (Å²) in [5, 5.41) is 0. The van der Waals surface area contributed by atoms with Crippen LogP contribution >= 0.6 is 7.82 Å². The number of esters is 2. The molecule has 61 heavy (non-hydrogen) atoms. The highest BCUT2D eigenvalue weighted by molar-refractivity contribution is 7.47. The van der Waals surface area contributed by atoms with Crippen LogP contribution in [-0.2, 0) is 37.4 Å². The molecule has 1 N–H and O–H groups in total. The number of likely N-dealkylation sites (N-methyl/N-ethyl adjacent to an activating group) is 1. The Labute approximate surface area is 371 Å². The Morgan fingerprint density at radius 1 is 0.590 bits per heavy atom. The van der Waals surface area contributed by atoms with Crippen molar-refractivity contribution >= 4 is 19.8 Å². The van der Waals surface area contributed by atoms with Crippen LogP contribution in [0.1, 0.15) is 155 Å². The first-order valence-corrected chi connectivity index (χ1v) is 24.9. The molecule has 10 nitrogen and oxygen atoms in total. The third kappa shape index (κ3) is 38.5. The number of unbranched alkanes of at least 4 members (excludes halogenated alkanes) is 10. The second-order valence-corrected chi connectivity index (χ2v) is 18.3. The van der Waals surface area contributed by atoms with Gasteiger partial charge < -0.3 is 23.6 Å². The molecular weight excluding hydrogens is 790 g/mol. The van der Waals surface area contributed by atoms with E-state index in [1.807, 2.05) is 21.1 Å². The number of rotatable bonds is 40. The Bertz CT molecular complexity index is 1380. The molecule has 0 aliphatic carbocycles. The highest BCUT2D eigenvalue weighted by Crippen LogP contribution is 2.43. The minimum absolute atomic E-state index is 0.00912. The normalized spacial score (nSPS) is 17.6. The van der Waals surface area contributed by atoms with Gasteiger partial charge in [0.25, 0.3) is 0 Å². The van der Waals surface area contributed by atoms with Crippen molar-refractivity contribution in [3.63, 3.8) is 0 Å². The van der Waals surface area contributed by atoms with Crippen LogP contribution < -0.4 is 0 Å². The Balaban J connectivity index is 2.35. The number of hydrogen-bond donors (Lipinski definition) is 1. The Morgan fingerprint density at radius 3 is 1.59 bits per heavy atom. The summed E-state index contributed by atoms with van der Waals surface area (Å²) in [6, 6.07) is 0. The number of ether oxygens (including phenoxy) is 3. The monoisotopic (exact) mass is 875 g/mol. The summed E-state index contributed by atoms with van der Waals surface area (Å²) >= 11 is 0. The van der Waals surface area contributed by atoms with E-state index in [2.05, 4.69) is 98.9 Å². The van der Waals surface area contributed by atoms with Gasteiger partial charge in [-0.15, -0.1) is 0 Å². The summed E-state index contributed by atoms with van der Waals surface area (Å²) in [7, 11) is 1.40. The number of allylic oxidation sites excluding steroid dienone is 12. The smallest absolute Gasteiger partial charge is 0.462 e. The second kappa shape index (κ2) is 37.7. The van der Waals surface area contributed by atoms with Crippen molar-refractivity contribution in [2.24, 2.45) is 0 Å². The highest BCUT2D eigenvalue weighted by Gasteiger charge is 2.36. The number of phosphoric acid groups is 1. The third-order valence-corrected chi connectivity index (χ3v) is 10.8. The summed E-state index contributed by atoms with van der Waals surface area (Å²) in [5.41, 5.74) is 0. The number of epoxide rings is 1. The maximum atomic E-state index is 12.7. The standard InChI is InChI=1S/C50H84NO9P/c1-6-8-10-12-14-16-17-18-19-20-21-22-23-24-25-27-29-31-37-41-50(53)59-46(45-58-61(54,55)57-43-42-51(3,4)5)44-56-49(52)40-36-33-32-35-39-48-47(60-48)38-34-30-28-26-15-13-11-9-7-2/h14-16,18-19,21-22,24-26,30,32,34-35,46-48H,6-13,17,20,23,27-29,31,33,36-45H2,1-5H3/p+1/b16-14-,19-18-,22-21-,25-24-,26-15-,34-30-,35-32-/t46-,47?,48?/m1/s1. The third-order valence-electron chi connectivity index (χ3n) is 9.80. The Morgan fingerprint density at radius 2 is 1.05 bits per heavy atom. The number of carbonyl (C=O) groups is 2. The van der Waals surface area contributed by atoms with Crippen molar-refractivity contribution in [1.29, 1.82) is 0 Å². The van der Waals surface area contributed by atoms with Gasteiger partial charge in [-0.05, 0) is 96.3 Å². The SMILES string of the molecule is CCCCC/C=C\C/C=C\C/C=C\C/C=C\CCCCCC(=O)O[C@H](COC(=O)CCC/C=C\CC1OC1C/C=C\C/C=C\CCCCC)COP(=O)(O)OCC[N+](C)(C)C. The minimum Gasteiger partial charge on any atom is -0.462 e. The average molecular weight is 875 g/mol. The molecule has 0 amide bonds. The molecule has 0 aromatic heterocycles. The van der Waals surface area contributed by atoms with E-state index in [4.69, 9.17) is 23.3 Å². The van der Waals surface area contributed by atoms with E-state index in [0.717, 1.165) is 70.6 Å². The molecule has 1 rings (SSSR count). The molecule has 0 bridgehead atoms. The topological polar surface area (TPSA) is 121 Å². The summed E-state index contributed by atoms with van der Waals surface area (Å²) in [6.07, 6.45) is 50.9. The molecular formula is C50H85NO9P+. The van der Waals surface area contributed by atoms with Gasteiger partial charge in [-0.3, -0.25) is 18.6 Å². The summed E-state index contributed by atoms with van der Waals surface area (Å²) in [4.78, 5) is 35.5. The zero-order valence-corrected chi connectivity index (χ0v) is 39.7. The van der Waals surface area contributed by atoms with Crippen molar-refractivity contribution in [1.82, 2.24) is 0 Å². The molecule has 1 fully saturated rings. The molecule has 1 saturated heterocycles. The molecule has 1 aliphatic rings. The lowest BCUT2D eigenvalue weighted by molar-refractivity contribution is -0.870. The fourth-order valence-electron chi connectivity index (χ4n) is 5.97. The lowest BCUT2D eigenvalue weighted by atomic mass is 10.1. The summed E-state index contributed by atoms with van der Waals surface area (Å²) < 4.78 is 40.1. The number of hydrogen-bond acceptors (Lipinski definition) is 8. The van der Waals surface area contributed by atoms with Gasteiger partial charge in [-0.1, -0.05) is 131 Å². The maximum Gasteiger partial charge on any atom is 0.472 e. The molecule has 4 atom stereocenters. The molecule has 0 radical (unpaired) electrons. The highest BCUT2D eigenvalue weighted by atomic mass is 31.2. The zero-order valence-electron chi connectivity index (χ0n) is 38.8. The van der Waals surface area contributed by atoms with E-state index in [0.29, 0.717) is 23.9 Å². The van der Waals surface area contributed by atoms with Gasteiger partial charge in [0.2, 0.25) is 0 Å². The maximum absolute atomic E-state index is 12.7. The van der Waals surface area contributed by atoms with Crippen molar-refractivity contribution in [3.8, 4) is 0 Å². The molecule has 0 saturated carbocycles. The number of carbonyl (C=O) groups excluding carboxylic acids is 2. The molecule has 0 aromatic rings. The minimum atomic E-state index is -4.41. The molecule has 3 unspecified atom stereocenters. The average Bonchev–Trinajstić information content (AvgIpc) is 3.97. The number of phosphoric ester groups is 1. The summed E-state index contributed by atoms with van der Waals surface area (Å²) in [6.45, 7) is 4.23. The van der Waals surface area contributed by atoms with E-state index in [-0.39, 0.29) is 38.3 Å². The van der Waals surface area contributed by atoms with Crippen LogP contribution in [0.4, 0.5) is 0 Å². The van der Waals surface area contributed by atoms with Crippen molar-refractivity contribution in [2.75, 3.05) is 47.5 Å². The molecule has 1 heterocycles. The molecule has 348 valence electrons. The Kier molecular flexibility index (Phi) is 34.7. The van der Waals surface area contributed by atoms with Crippen LogP contribution in [0, 0.1) is 0 Å². The lowest BCUT2D eigenvalue weighted by Crippen LogP contribution is -2.37. The van der Waals surface area contributed by atoms with Gasteiger partial charge in [-0.2, -0.15) is 0 Å². The zero-order chi connectivity index (χ0) is 44.7. The Hall–Kier alpha value is -2.85. The fraction of sp³-hybridized carbons (Fsp3) is 0.680. The predicted molar refractivity (Wildman–Crippen MR) is 251 cm³/mol. The van der Waals surface area contributed by atoms with Crippen LogP contribution in [0.25, 0.3) is 0 Å². The van der Waals surface area contributed by atoms with E-state index in [9.17, 15) is 19.0 Å². The van der Waals surface area contributed by atoms with E-state index in [1.54, 1.807) is 0 Å². The first kappa shape index (κ1) is 56.2. The first-order chi connectivity index (χ1) is 29.5. The molecule has 11 heteroatoms. The number of nitrogens with zero attached hydrogens (tertiary/aromatic N) is 1. The van der Waals surface area contributed by atoms with Gasteiger partial charge in [0.1, 0.15) is 19.8 Å². The first-order valence-electron chi connectivity index (χ1n) is 23.4. The number of quaternary nitrogens is 1. The summed E-state index contributed by atoms with van der Waals surface area (Å²) in [5.74, 6) is -0.916. The second-order valence-electron chi connectivity index (χ2n) is 16.8. The fourth-order valence-corrected chi connectivity index (χ4v) is 6.71. The van der Waals surface area contributed by atoms with Crippen LogP contribution in [0.5, 0.6) is 0 Å². The van der Waals surface area contributed by atoms with E-state index in [1.165, 1.54) is 44.9 Å². The van der Waals surface area contributed by atoms with Gasteiger partial charge >= 0.3 is 19.8 Å². The largest absolute Gasteiger partial charge is 0.472 e. The van der Waals surface area contributed by atoms with Crippen LogP contribution in [0.3, 0.4) is 0 Å². The van der Waals surface area contributed by atoms with Crippen molar-refractivity contribution in [2.45, 2.75) is 173 Å². The predicted octanol–water partition coefficient (Wildman–Crippen LogP) is 12.6. The van der Waals surface area contributed by atoms with E-state index >= 15 is 0 Å². The van der Waals surface area contributed by atoms with E-state index < -0.39 is 32.5 Å². The van der Waals surface area contributed by atoms with Crippen molar-refractivity contribution < 1.29 is 46.8 Å². The van der Waals surface area contributed by atoms with Crippen molar-refractivity contribution in [3.05, 3.63) is 85.1 Å². The van der Waals surface area contributed by atoms with Gasteiger partial charge in [0.15, 0.2) is 6.10 Å². The molecule has 1 aliphatic heterocycles. The van der Waals surface area contributed by atoms with Crippen LogP contribution in [0.15, 0.2) is 85.1 Å². The van der Waals surface area contributed by atoms with Crippen LogP contribution in [-0.4, -0.2) is 87.1 Å². The van der Waals surface area contributed by atoms with Gasteiger partial charge in [0.05, 0.1) is 40.0 Å². The van der Waals surface area contributed by atoms with Crippen LogP contribution in [0.2, 0.25) is 0 Å². The quantitative estimate of drug-likeness (QED) is 0.0160. The lowest BCUT2D eigenvalue weighted by Gasteiger charge is -2.24. The van der Waals surface area contributed by atoms with Gasteiger partial charge in [0, 0.05) is 12.8 Å². The van der Waals surface area contributed by atoms with Gasteiger partial charge in [-0.25, -0.2) is 4.57 Å². The molecule has 0 spiro atoms.